The summed E-state index contributed by atoms with van der Waals surface area (Å²) < 4.78 is 39.3. The van der Waals surface area contributed by atoms with Gasteiger partial charge in [0, 0.05) is 19.6 Å². The van der Waals surface area contributed by atoms with Crippen molar-refractivity contribution in [2.75, 3.05) is 33.4 Å². The molecular formula is C23H26N4O5S. The second kappa shape index (κ2) is 10.2. The normalized spacial score (nSPS) is 14.7. The number of para-hydroxylation sites is 1. The van der Waals surface area contributed by atoms with Crippen molar-refractivity contribution in [3.05, 3.63) is 77.6 Å². The van der Waals surface area contributed by atoms with Crippen LogP contribution in [0.2, 0.25) is 0 Å². The average molecular weight is 471 g/mol. The fraction of sp³-hybridized carbons (Fsp3) is 0.304. The van der Waals surface area contributed by atoms with Gasteiger partial charge in [0.1, 0.15) is 0 Å². The molecule has 2 heterocycles. The van der Waals surface area contributed by atoms with Gasteiger partial charge in [-0.15, -0.1) is 0 Å². The number of ether oxygens (including phenoxy) is 2. The molecule has 3 aromatic rings. The Kier molecular flexibility index (Phi) is 7.07. The average Bonchev–Trinajstić information content (AvgIpc) is 3.29. The molecule has 10 heteroatoms. The highest BCUT2D eigenvalue weighted by atomic mass is 32.2. The van der Waals surface area contributed by atoms with Crippen molar-refractivity contribution in [2.24, 2.45) is 0 Å². The first-order valence-electron chi connectivity index (χ1n) is 10.6. The molecule has 9 nitrogen and oxygen atoms in total. The molecule has 0 saturated carbocycles. The SMILES string of the molecule is COc1cn(-c2ccccc2)nc1C(=O)NCc1ccccc1CS(=O)(=O)N1CCOCC1. The van der Waals surface area contributed by atoms with Crippen molar-refractivity contribution in [1.29, 1.82) is 0 Å². The van der Waals surface area contributed by atoms with E-state index in [2.05, 4.69) is 10.4 Å². The summed E-state index contributed by atoms with van der Waals surface area (Å²) in [6.45, 7) is 1.66. The molecule has 1 N–H and O–H groups in total. The van der Waals surface area contributed by atoms with E-state index in [0.717, 1.165) is 11.3 Å². The monoisotopic (exact) mass is 470 g/mol. The number of methoxy groups -OCH3 is 1. The van der Waals surface area contributed by atoms with Gasteiger partial charge in [-0.2, -0.15) is 9.40 Å². The maximum absolute atomic E-state index is 12.9. The van der Waals surface area contributed by atoms with Gasteiger partial charge in [0.05, 0.1) is 38.0 Å². The second-order valence-corrected chi connectivity index (χ2v) is 9.51. The van der Waals surface area contributed by atoms with Gasteiger partial charge in [0.2, 0.25) is 10.0 Å². The van der Waals surface area contributed by atoms with E-state index in [-0.39, 0.29) is 18.0 Å². The second-order valence-electron chi connectivity index (χ2n) is 7.55. The van der Waals surface area contributed by atoms with Gasteiger partial charge in [0.15, 0.2) is 11.4 Å². The van der Waals surface area contributed by atoms with Crippen LogP contribution in [0.15, 0.2) is 60.8 Å². The zero-order valence-electron chi connectivity index (χ0n) is 18.3. The number of nitrogens with one attached hydrogen (secondary N) is 1. The van der Waals surface area contributed by atoms with E-state index in [9.17, 15) is 13.2 Å². The van der Waals surface area contributed by atoms with Crippen LogP contribution in [0.3, 0.4) is 0 Å². The number of morpholine rings is 1. The van der Waals surface area contributed by atoms with Gasteiger partial charge >= 0.3 is 0 Å². The molecule has 1 aromatic heterocycles. The topological polar surface area (TPSA) is 103 Å². The summed E-state index contributed by atoms with van der Waals surface area (Å²) in [6.07, 6.45) is 1.65. The van der Waals surface area contributed by atoms with E-state index >= 15 is 0 Å². The summed E-state index contributed by atoms with van der Waals surface area (Å²) in [7, 11) is -2.00. The number of benzene rings is 2. The van der Waals surface area contributed by atoms with Crippen molar-refractivity contribution in [3.63, 3.8) is 0 Å². The third-order valence-corrected chi connectivity index (χ3v) is 7.22. The third kappa shape index (κ3) is 5.41. The smallest absolute Gasteiger partial charge is 0.275 e. The molecule has 0 atom stereocenters. The van der Waals surface area contributed by atoms with Crippen LogP contribution in [-0.2, 0) is 27.1 Å². The molecule has 33 heavy (non-hydrogen) atoms. The number of hydrogen-bond donors (Lipinski definition) is 1. The van der Waals surface area contributed by atoms with Crippen LogP contribution < -0.4 is 10.1 Å². The minimum Gasteiger partial charge on any atom is -0.493 e. The highest BCUT2D eigenvalue weighted by molar-refractivity contribution is 7.88. The zero-order valence-corrected chi connectivity index (χ0v) is 19.1. The Morgan fingerprint density at radius 3 is 2.42 bits per heavy atom. The molecule has 0 bridgehead atoms. The molecule has 0 spiro atoms. The van der Waals surface area contributed by atoms with Crippen LogP contribution in [0, 0.1) is 0 Å². The highest BCUT2D eigenvalue weighted by Crippen LogP contribution is 2.20. The van der Waals surface area contributed by atoms with Crippen LogP contribution in [0.5, 0.6) is 5.75 Å². The molecule has 174 valence electrons. The molecule has 2 aromatic carbocycles. The molecule has 1 aliphatic rings. The van der Waals surface area contributed by atoms with Gasteiger partial charge in [0.25, 0.3) is 5.91 Å². The van der Waals surface area contributed by atoms with Crippen molar-refractivity contribution in [3.8, 4) is 11.4 Å². The number of carbonyl (C=O) groups excluding carboxylic acids is 1. The summed E-state index contributed by atoms with van der Waals surface area (Å²) in [5.41, 5.74) is 2.32. The Bertz CT molecular complexity index is 1200. The molecule has 1 aliphatic heterocycles. The lowest BCUT2D eigenvalue weighted by molar-refractivity contribution is 0.0729. The molecule has 0 unspecified atom stereocenters. The Morgan fingerprint density at radius 1 is 1.06 bits per heavy atom. The van der Waals surface area contributed by atoms with Crippen LogP contribution in [0.25, 0.3) is 5.69 Å². The number of nitrogens with zero attached hydrogens (tertiary/aromatic N) is 3. The summed E-state index contributed by atoms with van der Waals surface area (Å²) in [5.74, 6) is -0.197. The molecule has 4 rings (SSSR count). The van der Waals surface area contributed by atoms with E-state index in [1.165, 1.54) is 11.4 Å². The summed E-state index contributed by atoms with van der Waals surface area (Å²) >= 11 is 0. The molecule has 0 radical (unpaired) electrons. The lowest BCUT2D eigenvalue weighted by atomic mass is 10.1. The first kappa shape index (κ1) is 23.0. The fourth-order valence-electron chi connectivity index (χ4n) is 3.62. The number of rotatable bonds is 8. The Hall–Kier alpha value is -3.21. The molecule has 0 aliphatic carbocycles. The first-order chi connectivity index (χ1) is 16.0. The van der Waals surface area contributed by atoms with Crippen LogP contribution in [-0.4, -0.2) is 61.8 Å². The Balaban J connectivity index is 1.48. The molecule has 1 fully saturated rings. The summed E-state index contributed by atoms with van der Waals surface area (Å²) in [6, 6.07) is 16.6. The lowest BCUT2D eigenvalue weighted by Crippen LogP contribution is -2.41. The van der Waals surface area contributed by atoms with Crippen molar-refractivity contribution in [1.82, 2.24) is 19.4 Å². The number of amides is 1. The van der Waals surface area contributed by atoms with E-state index in [1.807, 2.05) is 42.5 Å². The quantitative estimate of drug-likeness (QED) is 0.540. The minimum absolute atomic E-state index is 0.134. The Morgan fingerprint density at radius 2 is 1.73 bits per heavy atom. The predicted molar refractivity (Wildman–Crippen MR) is 123 cm³/mol. The number of aromatic nitrogens is 2. The largest absolute Gasteiger partial charge is 0.493 e. The minimum atomic E-state index is -3.48. The molecule has 1 amide bonds. The van der Waals surface area contributed by atoms with Gasteiger partial charge in [-0.3, -0.25) is 4.79 Å². The van der Waals surface area contributed by atoms with E-state index in [4.69, 9.17) is 9.47 Å². The van der Waals surface area contributed by atoms with Crippen molar-refractivity contribution < 1.29 is 22.7 Å². The number of hydrogen-bond acceptors (Lipinski definition) is 6. The van der Waals surface area contributed by atoms with Gasteiger partial charge in [-0.05, 0) is 23.3 Å². The Labute approximate surface area is 193 Å². The van der Waals surface area contributed by atoms with Gasteiger partial charge in [-0.1, -0.05) is 42.5 Å². The van der Waals surface area contributed by atoms with Crippen molar-refractivity contribution >= 4 is 15.9 Å². The maximum atomic E-state index is 12.9. The third-order valence-electron chi connectivity index (χ3n) is 5.40. The van der Waals surface area contributed by atoms with Crippen molar-refractivity contribution in [2.45, 2.75) is 12.3 Å². The van der Waals surface area contributed by atoms with E-state index in [1.54, 1.807) is 23.0 Å². The van der Waals surface area contributed by atoms with Gasteiger partial charge < -0.3 is 14.8 Å². The van der Waals surface area contributed by atoms with Crippen LogP contribution in [0.4, 0.5) is 0 Å². The standard InChI is InChI=1S/C23H26N4O5S/c1-31-21-16-27(20-9-3-2-4-10-20)25-22(21)23(28)24-15-18-7-5-6-8-19(18)17-33(29,30)26-11-13-32-14-12-26/h2-10,16H,11-15,17H2,1H3,(H,24,28). The maximum Gasteiger partial charge on any atom is 0.275 e. The highest BCUT2D eigenvalue weighted by Gasteiger charge is 2.25. The van der Waals surface area contributed by atoms with Gasteiger partial charge in [-0.25, -0.2) is 13.1 Å². The lowest BCUT2D eigenvalue weighted by Gasteiger charge is -2.26. The predicted octanol–water partition coefficient (Wildman–Crippen LogP) is 1.97. The fourth-order valence-corrected chi connectivity index (χ4v) is 5.18. The number of sulfonamides is 1. The van der Waals surface area contributed by atoms with Crippen LogP contribution in [0.1, 0.15) is 21.6 Å². The molecular weight excluding hydrogens is 444 g/mol. The first-order valence-corrected chi connectivity index (χ1v) is 12.2. The van der Waals surface area contributed by atoms with E-state index < -0.39 is 15.9 Å². The molecule has 1 saturated heterocycles. The van der Waals surface area contributed by atoms with E-state index in [0.29, 0.717) is 37.6 Å². The van der Waals surface area contributed by atoms with Crippen LogP contribution >= 0.6 is 0 Å². The summed E-state index contributed by atoms with van der Waals surface area (Å²) in [5, 5.41) is 7.21. The number of carbonyl (C=O) groups is 1. The summed E-state index contributed by atoms with van der Waals surface area (Å²) in [4.78, 5) is 12.9. The zero-order chi connectivity index (χ0) is 23.3.